The molecule has 6 heteroatoms. The first-order chi connectivity index (χ1) is 6.08. The van der Waals surface area contributed by atoms with Gasteiger partial charge in [0, 0.05) is 25.4 Å². The fourth-order valence-corrected chi connectivity index (χ4v) is 1.40. The number of aryl methyl sites for hydroxylation is 1. The minimum Gasteiger partial charge on any atom is -0.272 e. The molecule has 5 nitrogen and oxygen atoms in total. The van der Waals surface area contributed by atoms with Crippen LogP contribution < -0.4 is 4.72 Å². The van der Waals surface area contributed by atoms with Gasteiger partial charge >= 0.3 is 0 Å². The molecule has 1 radical (unpaired) electrons. The van der Waals surface area contributed by atoms with Crippen LogP contribution in [-0.4, -0.2) is 31.0 Å². The van der Waals surface area contributed by atoms with E-state index in [1.165, 1.54) is 0 Å². The Bertz CT molecular complexity index is 331. The third-order valence-electron chi connectivity index (χ3n) is 1.43. The highest BCUT2D eigenvalue weighted by molar-refractivity contribution is 7.88. The molecule has 0 aliphatic carbocycles. The molecule has 0 aliphatic heterocycles. The summed E-state index contributed by atoms with van der Waals surface area (Å²) < 4.78 is 25.4. The highest BCUT2D eigenvalue weighted by Gasteiger charge is 1.98. The lowest BCUT2D eigenvalue weighted by atomic mass is 10.4. The summed E-state index contributed by atoms with van der Waals surface area (Å²) in [5.41, 5.74) is 0. The van der Waals surface area contributed by atoms with Crippen LogP contribution in [0.5, 0.6) is 0 Å². The Morgan fingerprint density at radius 1 is 1.62 bits per heavy atom. The van der Waals surface area contributed by atoms with Crippen LogP contribution in [0.1, 0.15) is 6.42 Å². The summed E-state index contributed by atoms with van der Waals surface area (Å²) >= 11 is 0. The number of hydrogen-bond donors (Lipinski definition) is 1. The van der Waals surface area contributed by atoms with E-state index in [0.717, 1.165) is 12.7 Å². The first-order valence-electron chi connectivity index (χ1n) is 3.91. The van der Waals surface area contributed by atoms with Gasteiger partial charge in [-0.15, -0.1) is 0 Å². The maximum Gasteiger partial charge on any atom is 0.208 e. The number of sulfonamides is 1. The SMILES string of the molecule is CS(=O)(=O)NCCCn1c[c]cn1. The Hall–Kier alpha value is -0.880. The molecule has 0 unspecified atom stereocenters. The molecule has 0 saturated carbocycles. The second-order valence-corrected chi connectivity index (χ2v) is 4.56. The van der Waals surface area contributed by atoms with Crippen LogP contribution in [0, 0.1) is 6.07 Å². The monoisotopic (exact) mass is 202 g/mol. The maximum absolute atomic E-state index is 10.7. The summed E-state index contributed by atoms with van der Waals surface area (Å²) in [5, 5.41) is 3.93. The highest BCUT2D eigenvalue weighted by Crippen LogP contribution is 1.87. The molecule has 0 atom stereocenters. The fourth-order valence-electron chi connectivity index (χ4n) is 0.881. The first kappa shape index (κ1) is 10.2. The van der Waals surface area contributed by atoms with Gasteiger partial charge in [0.25, 0.3) is 0 Å². The van der Waals surface area contributed by atoms with E-state index >= 15 is 0 Å². The van der Waals surface area contributed by atoms with Crippen LogP contribution in [0.15, 0.2) is 12.4 Å². The third-order valence-corrected chi connectivity index (χ3v) is 2.16. The average molecular weight is 202 g/mol. The van der Waals surface area contributed by atoms with Gasteiger partial charge in [-0.1, -0.05) is 0 Å². The van der Waals surface area contributed by atoms with E-state index in [2.05, 4.69) is 15.9 Å². The predicted molar refractivity (Wildman–Crippen MR) is 48.5 cm³/mol. The summed E-state index contributed by atoms with van der Waals surface area (Å²) in [4.78, 5) is 0. The normalized spacial score (nSPS) is 11.8. The molecule has 0 spiro atoms. The van der Waals surface area contributed by atoms with Crippen molar-refractivity contribution in [3.63, 3.8) is 0 Å². The zero-order valence-electron chi connectivity index (χ0n) is 7.40. The van der Waals surface area contributed by atoms with Gasteiger partial charge in [0.2, 0.25) is 10.0 Å². The molecule has 13 heavy (non-hydrogen) atoms. The van der Waals surface area contributed by atoms with Crippen molar-refractivity contribution in [1.82, 2.24) is 14.5 Å². The van der Waals surface area contributed by atoms with E-state index in [0.29, 0.717) is 13.1 Å². The van der Waals surface area contributed by atoms with Gasteiger partial charge in [0.15, 0.2) is 0 Å². The van der Waals surface area contributed by atoms with Crippen molar-refractivity contribution < 1.29 is 8.42 Å². The summed E-state index contributed by atoms with van der Waals surface area (Å²) in [6, 6.07) is 2.80. The zero-order chi connectivity index (χ0) is 9.73. The molecular weight excluding hydrogens is 190 g/mol. The number of nitrogens with one attached hydrogen (secondary N) is 1. The van der Waals surface area contributed by atoms with Gasteiger partial charge in [-0.3, -0.25) is 4.68 Å². The van der Waals surface area contributed by atoms with Crippen molar-refractivity contribution in [3.8, 4) is 0 Å². The van der Waals surface area contributed by atoms with Gasteiger partial charge in [-0.05, 0) is 6.42 Å². The minimum atomic E-state index is -3.05. The number of nitrogens with zero attached hydrogens (tertiary/aromatic N) is 2. The van der Waals surface area contributed by atoms with E-state index in [1.54, 1.807) is 17.1 Å². The Labute approximate surface area is 77.8 Å². The van der Waals surface area contributed by atoms with Crippen molar-refractivity contribution >= 4 is 10.0 Å². The van der Waals surface area contributed by atoms with Crippen LogP contribution >= 0.6 is 0 Å². The summed E-state index contributed by atoms with van der Waals surface area (Å²) in [5.74, 6) is 0. The van der Waals surface area contributed by atoms with Crippen LogP contribution in [-0.2, 0) is 16.6 Å². The highest BCUT2D eigenvalue weighted by atomic mass is 32.2. The number of hydrogen-bond acceptors (Lipinski definition) is 3. The standard InChI is InChI=1S/C7H12N3O2S/c1-13(11,12)9-5-3-7-10-6-2-4-8-10/h4,6,9H,3,5,7H2,1H3. The molecule has 0 aromatic carbocycles. The van der Waals surface area contributed by atoms with Crippen molar-refractivity contribution in [1.29, 1.82) is 0 Å². The number of aromatic nitrogens is 2. The van der Waals surface area contributed by atoms with Crippen molar-refractivity contribution in [2.24, 2.45) is 0 Å². The van der Waals surface area contributed by atoms with Crippen molar-refractivity contribution in [3.05, 3.63) is 18.5 Å². The van der Waals surface area contributed by atoms with E-state index in [9.17, 15) is 8.42 Å². The molecule has 0 saturated heterocycles. The molecule has 0 bridgehead atoms. The number of rotatable bonds is 5. The summed E-state index contributed by atoms with van der Waals surface area (Å²) in [7, 11) is -3.05. The van der Waals surface area contributed by atoms with E-state index in [-0.39, 0.29) is 0 Å². The van der Waals surface area contributed by atoms with Crippen LogP contribution in [0.4, 0.5) is 0 Å². The molecule has 1 rings (SSSR count). The van der Waals surface area contributed by atoms with E-state index < -0.39 is 10.0 Å². The lowest BCUT2D eigenvalue weighted by Crippen LogP contribution is -2.23. The predicted octanol–water partition coefficient (Wildman–Crippen LogP) is -0.377. The second kappa shape index (κ2) is 4.38. The molecule has 0 aliphatic rings. The molecule has 1 heterocycles. The Morgan fingerprint density at radius 2 is 2.38 bits per heavy atom. The van der Waals surface area contributed by atoms with Crippen LogP contribution in [0.3, 0.4) is 0 Å². The van der Waals surface area contributed by atoms with Gasteiger partial charge < -0.3 is 0 Å². The largest absolute Gasteiger partial charge is 0.272 e. The lowest BCUT2D eigenvalue weighted by molar-refractivity contribution is 0.556. The van der Waals surface area contributed by atoms with Gasteiger partial charge in [0.05, 0.1) is 12.5 Å². The van der Waals surface area contributed by atoms with Crippen molar-refractivity contribution in [2.45, 2.75) is 13.0 Å². The smallest absolute Gasteiger partial charge is 0.208 e. The summed E-state index contributed by atoms with van der Waals surface area (Å²) in [6.07, 6.45) is 5.17. The molecular formula is C7H12N3O2S. The molecule has 0 amide bonds. The van der Waals surface area contributed by atoms with E-state index in [1.807, 2.05) is 0 Å². The van der Waals surface area contributed by atoms with Crippen LogP contribution in [0.2, 0.25) is 0 Å². The van der Waals surface area contributed by atoms with Gasteiger partial charge in [-0.25, -0.2) is 13.1 Å². The van der Waals surface area contributed by atoms with Crippen LogP contribution in [0.25, 0.3) is 0 Å². The van der Waals surface area contributed by atoms with E-state index in [4.69, 9.17) is 0 Å². The molecule has 1 aromatic rings. The topological polar surface area (TPSA) is 64.0 Å². The Kier molecular flexibility index (Phi) is 3.44. The van der Waals surface area contributed by atoms with Gasteiger partial charge in [0.1, 0.15) is 0 Å². The zero-order valence-corrected chi connectivity index (χ0v) is 8.21. The average Bonchev–Trinajstić information content (AvgIpc) is 2.48. The third kappa shape index (κ3) is 4.64. The van der Waals surface area contributed by atoms with Gasteiger partial charge in [-0.2, -0.15) is 5.10 Å². The van der Waals surface area contributed by atoms with Crippen molar-refractivity contribution in [2.75, 3.05) is 12.8 Å². The maximum atomic E-state index is 10.7. The second-order valence-electron chi connectivity index (χ2n) is 2.72. The fraction of sp³-hybridized carbons (Fsp3) is 0.571. The quantitative estimate of drug-likeness (QED) is 0.662. The Morgan fingerprint density at radius 3 is 2.92 bits per heavy atom. The molecule has 73 valence electrons. The minimum absolute atomic E-state index is 0.443. The Balaban J connectivity index is 2.16. The molecule has 1 aromatic heterocycles. The molecule has 1 N–H and O–H groups in total. The molecule has 0 fully saturated rings. The lowest BCUT2D eigenvalue weighted by Gasteiger charge is -2.02. The first-order valence-corrected chi connectivity index (χ1v) is 5.80. The summed E-state index contributed by atoms with van der Waals surface area (Å²) in [6.45, 7) is 1.14.